The Balaban J connectivity index is 2.17. The van der Waals surface area contributed by atoms with Crippen LogP contribution in [-0.4, -0.2) is 16.0 Å². The van der Waals surface area contributed by atoms with E-state index in [0.29, 0.717) is 11.4 Å². The van der Waals surface area contributed by atoms with Crippen molar-refractivity contribution in [3.8, 4) is 0 Å². The summed E-state index contributed by atoms with van der Waals surface area (Å²) in [6, 6.07) is 3.47. The molecule has 5 nitrogen and oxygen atoms in total. The molecule has 0 saturated carbocycles. The van der Waals surface area contributed by atoms with Crippen LogP contribution in [0.25, 0.3) is 0 Å². The van der Waals surface area contributed by atoms with Gasteiger partial charge >= 0.3 is 0 Å². The molecule has 0 radical (unpaired) electrons. The van der Waals surface area contributed by atoms with E-state index < -0.39 is 0 Å². The minimum absolute atomic E-state index is 0.196. The maximum Gasteiger partial charge on any atom is 0.295 e. The van der Waals surface area contributed by atoms with Gasteiger partial charge in [0.1, 0.15) is 5.82 Å². The van der Waals surface area contributed by atoms with Crippen LogP contribution in [0.2, 0.25) is 0 Å². The molecule has 2 rings (SSSR count). The first-order valence-corrected chi connectivity index (χ1v) is 5.30. The van der Waals surface area contributed by atoms with Gasteiger partial charge in [-0.25, -0.2) is 4.98 Å². The lowest BCUT2D eigenvalue weighted by Crippen LogP contribution is -2.13. The summed E-state index contributed by atoms with van der Waals surface area (Å²) < 4.78 is 5.67. The first-order chi connectivity index (χ1) is 7.66. The molecule has 82 valence electrons. The van der Waals surface area contributed by atoms with Crippen molar-refractivity contribution in [2.75, 3.05) is 5.32 Å². The van der Waals surface area contributed by atoms with Gasteiger partial charge in [0.15, 0.2) is 0 Å². The Kier molecular flexibility index (Phi) is 3.00. The molecule has 0 unspecified atom stereocenters. The van der Waals surface area contributed by atoms with Crippen LogP contribution < -0.4 is 5.32 Å². The molecule has 16 heavy (non-hydrogen) atoms. The number of aromatic nitrogens is 2. The second-order valence-corrected chi connectivity index (χ2v) is 4.07. The number of carbonyl (C=O) groups is 1. The van der Waals surface area contributed by atoms with Gasteiger partial charge in [-0.05, 0) is 19.1 Å². The molecule has 1 N–H and O–H groups in total. The summed E-state index contributed by atoms with van der Waals surface area (Å²) in [5.74, 6) is 0.289. The van der Waals surface area contributed by atoms with E-state index in [0.717, 1.165) is 4.47 Å². The van der Waals surface area contributed by atoms with Crippen molar-refractivity contribution >= 4 is 27.7 Å². The summed E-state index contributed by atoms with van der Waals surface area (Å²) in [6.07, 6.45) is 3.08. The quantitative estimate of drug-likeness (QED) is 0.918. The van der Waals surface area contributed by atoms with Gasteiger partial charge in [-0.15, -0.1) is 0 Å². The third-order valence-electron chi connectivity index (χ3n) is 1.92. The van der Waals surface area contributed by atoms with E-state index in [1.165, 1.54) is 6.20 Å². The predicted molar refractivity (Wildman–Crippen MR) is 61.1 cm³/mol. The normalized spacial score (nSPS) is 10.1. The highest BCUT2D eigenvalue weighted by Gasteiger charge is 2.14. The molecule has 0 fully saturated rings. The van der Waals surface area contributed by atoms with Gasteiger partial charge in [0, 0.05) is 16.2 Å². The van der Waals surface area contributed by atoms with E-state index in [-0.39, 0.29) is 11.7 Å². The summed E-state index contributed by atoms with van der Waals surface area (Å²) >= 11 is 3.29. The molecule has 0 aromatic carbocycles. The van der Waals surface area contributed by atoms with Crippen LogP contribution in [-0.2, 0) is 0 Å². The third kappa shape index (κ3) is 2.27. The van der Waals surface area contributed by atoms with Crippen LogP contribution >= 0.6 is 15.9 Å². The summed E-state index contributed by atoms with van der Waals surface area (Å²) in [6.45, 7) is 1.75. The number of nitrogens with zero attached hydrogens (tertiary/aromatic N) is 2. The van der Waals surface area contributed by atoms with Gasteiger partial charge in [-0.3, -0.25) is 4.79 Å². The fourth-order valence-electron chi connectivity index (χ4n) is 1.16. The maximum atomic E-state index is 11.7. The maximum absolute atomic E-state index is 11.7. The van der Waals surface area contributed by atoms with Crippen LogP contribution in [0.1, 0.15) is 16.1 Å². The SMILES string of the molecule is Cc1cnoc1C(=O)Nc1cc(Br)ccn1. The van der Waals surface area contributed by atoms with E-state index in [9.17, 15) is 4.79 Å². The van der Waals surface area contributed by atoms with Crippen molar-refractivity contribution in [3.05, 3.63) is 40.3 Å². The smallest absolute Gasteiger partial charge is 0.295 e. The molecule has 6 heteroatoms. The number of aryl methyl sites for hydroxylation is 1. The number of carbonyl (C=O) groups excluding carboxylic acids is 1. The van der Waals surface area contributed by atoms with Gasteiger partial charge in [0.2, 0.25) is 5.76 Å². The van der Waals surface area contributed by atoms with Gasteiger partial charge in [-0.1, -0.05) is 21.1 Å². The van der Waals surface area contributed by atoms with Gasteiger partial charge < -0.3 is 9.84 Å². The molecule has 0 atom stereocenters. The Morgan fingerprint density at radius 3 is 3.00 bits per heavy atom. The lowest BCUT2D eigenvalue weighted by molar-refractivity contribution is 0.0986. The van der Waals surface area contributed by atoms with Gasteiger partial charge in [0.05, 0.1) is 6.20 Å². The number of anilines is 1. The highest BCUT2D eigenvalue weighted by atomic mass is 79.9. The minimum Gasteiger partial charge on any atom is -0.351 e. The van der Waals surface area contributed by atoms with Crippen LogP contribution in [0.3, 0.4) is 0 Å². The summed E-state index contributed by atoms with van der Waals surface area (Å²) in [7, 11) is 0. The fraction of sp³-hybridized carbons (Fsp3) is 0.100. The molecule has 1 amide bonds. The largest absolute Gasteiger partial charge is 0.351 e. The molecule has 0 aliphatic rings. The second-order valence-electron chi connectivity index (χ2n) is 3.15. The zero-order valence-electron chi connectivity index (χ0n) is 8.40. The highest BCUT2D eigenvalue weighted by Crippen LogP contribution is 2.14. The zero-order chi connectivity index (χ0) is 11.5. The lowest BCUT2D eigenvalue weighted by atomic mass is 10.3. The average Bonchev–Trinajstić information content (AvgIpc) is 2.64. The summed E-state index contributed by atoms with van der Waals surface area (Å²) in [5, 5.41) is 6.15. The number of pyridine rings is 1. The molecule has 0 aliphatic heterocycles. The van der Waals surface area contributed by atoms with Crippen LogP contribution in [0.5, 0.6) is 0 Å². The highest BCUT2D eigenvalue weighted by molar-refractivity contribution is 9.10. The molecule has 2 aromatic rings. The number of rotatable bonds is 2. The van der Waals surface area contributed by atoms with Crippen LogP contribution in [0.4, 0.5) is 5.82 Å². The Morgan fingerprint density at radius 1 is 1.56 bits per heavy atom. The van der Waals surface area contributed by atoms with Gasteiger partial charge in [0.25, 0.3) is 5.91 Å². The predicted octanol–water partition coefficient (Wildman–Crippen LogP) is 2.39. The van der Waals surface area contributed by atoms with E-state index in [2.05, 4.69) is 31.4 Å². The fourth-order valence-corrected chi connectivity index (χ4v) is 1.49. The first kappa shape index (κ1) is 10.8. The Labute approximate surface area is 100.0 Å². The lowest BCUT2D eigenvalue weighted by Gasteiger charge is -2.02. The van der Waals surface area contributed by atoms with Crippen molar-refractivity contribution in [1.82, 2.24) is 10.1 Å². The van der Waals surface area contributed by atoms with E-state index in [1.54, 1.807) is 25.3 Å². The van der Waals surface area contributed by atoms with Crippen molar-refractivity contribution in [3.63, 3.8) is 0 Å². The van der Waals surface area contributed by atoms with E-state index in [1.807, 2.05) is 0 Å². The first-order valence-electron chi connectivity index (χ1n) is 4.51. The Bertz CT molecular complexity index is 524. The topological polar surface area (TPSA) is 68.0 Å². The van der Waals surface area contributed by atoms with Crippen molar-refractivity contribution in [1.29, 1.82) is 0 Å². The number of hydrogen-bond donors (Lipinski definition) is 1. The van der Waals surface area contributed by atoms with Gasteiger partial charge in [-0.2, -0.15) is 0 Å². The molecule has 0 aliphatic carbocycles. The number of halogens is 1. The molecule has 2 aromatic heterocycles. The zero-order valence-corrected chi connectivity index (χ0v) is 9.98. The average molecular weight is 282 g/mol. The molecule has 0 bridgehead atoms. The summed E-state index contributed by atoms with van der Waals surface area (Å²) in [4.78, 5) is 15.7. The van der Waals surface area contributed by atoms with Crippen molar-refractivity contribution < 1.29 is 9.32 Å². The second kappa shape index (κ2) is 4.44. The van der Waals surface area contributed by atoms with Crippen LogP contribution in [0.15, 0.2) is 33.5 Å². The van der Waals surface area contributed by atoms with Crippen molar-refractivity contribution in [2.24, 2.45) is 0 Å². The monoisotopic (exact) mass is 281 g/mol. The molecular weight excluding hydrogens is 274 g/mol. The van der Waals surface area contributed by atoms with E-state index >= 15 is 0 Å². The van der Waals surface area contributed by atoms with Crippen LogP contribution in [0, 0.1) is 6.92 Å². The summed E-state index contributed by atoms with van der Waals surface area (Å²) in [5.41, 5.74) is 0.687. The Morgan fingerprint density at radius 2 is 2.38 bits per heavy atom. The number of nitrogens with one attached hydrogen (secondary N) is 1. The molecular formula is C10H8BrN3O2. The van der Waals surface area contributed by atoms with E-state index in [4.69, 9.17) is 4.52 Å². The minimum atomic E-state index is -0.361. The third-order valence-corrected chi connectivity index (χ3v) is 2.41. The Hall–Kier alpha value is -1.69. The number of hydrogen-bond acceptors (Lipinski definition) is 4. The molecule has 0 spiro atoms. The molecule has 0 saturated heterocycles. The molecule has 2 heterocycles. The van der Waals surface area contributed by atoms with Crippen molar-refractivity contribution in [2.45, 2.75) is 6.92 Å². The number of amides is 1. The standard InChI is InChI=1S/C10H8BrN3O2/c1-6-5-13-16-9(6)10(15)14-8-4-7(11)2-3-12-8/h2-5H,1H3,(H,12,14,15).